The third-order valence-electron chi connectivity index (χ3n) is 6.07. The second kappa shape index (κ2) is 11.5. The molecule has 3 amide bonds. The molecule has 0 radical (unpaired) electrons. The van der Waals surface area contributed by atoms with Crippen molar-refractivity contribution in [2.75, 3.05) is 45.8 Å². The van der Waals surface area contributed by atoms with E-state index in [1.807, 2.05) is 21.9 Å². The Labute approximate surface area is 189 Å². The van der Waals surface area contributed by atoms with E-state index in [1.165, 1.54) is 19.8 Å². The number of hydrogen-bond acceptors (Lipinski definition) is 4. The van der Waals surface area contributed by atoms with Crippen molar-refractivity contribution in [3.63, 3.8) is 0 Å². The number of rotatable bonds is 6. The number of piperazine rings is 1. The molecule has 1 atom stereocenters. The molecule has 3 rings (SSSR count). The first-order valence-corrected chi connectivity index (χ1v) is 11.6. The maximum Gasteiger partial charge on any atom is 0.236 e. The summed E-state index contributed by atoms with van der Waals surface area (Å²) in [7, 11) is 0. The summed E-state index contributed by atoms with van der Waals surface area (Å²) < 4.78 is 0. The van der Waals surface area contributed by atoms with E-state index in [-0.39, 0.29) is 30.2 Å². The number of halogens is 1. The summed E-state index contributed by atoms with van der Waals surface area (Å²) in [6.45, 7) is 6.20. The zero-order valence-electron chi connectivity index (χ0n) is 18.3. The normalized spacial score (nSPS) is 18.9. The van der Waals surface area contributed by atoms with Gasteiger partial charge in [-0.3, -0.25) is 19.3 Å². The highest BCUT2D eigenvalue weighted by Crippen LogP contribution is 2.21. The minimum absolute atomic E-state index is 0.00666. The number of nitrogens with one attached hydrogen (secondary N) is 1. The molecule has 1 N–H and O–H groups in total. The molecule has 8 heteroatoms. The van der Waals surface area contributed by atoms with Crippen molar-refractivity contribution < 1.29 is 14.4 Å². The van der Waals surface area contributed by atoms with Crippen LogP contribution in [-0.2, 0) is 14.4 Å². The van der Waals surface area contributed by atoms with Crippen LogP contribution in [-0.4, -0.2) is 78.2 Å². The van der Waals surface area contributed by atoms with Crippen LogP contribution in [0.4, 0.5) is 0 Å². The Morgan fingerprint density at radius 3 is 2.03 bits per heavy atom. The molecule has 2 heterocycles. The molecular weight excluding hydrogens is 416 g/mol. The predicted molar refractivity (Wildman–Crippen MR) is 121 cm³/mol. The van der Waals surface area contributed by atoms with E-state index in [9.17, 15) is 14.4 Å². The lowest BCUT2D eigenvalue weighted by Crippen LogP contribution is -2.52. The summed E-state index contributed by atoms with van der Waals surface area (Å²) in [5.41, 5.74) is 0.856. The van der Waals surface area contributed by atoms with Gasteiger partial charge in [-0.1, -0.05) is 36.6 Å². The third kappa shape index (κ3) is 7.21. The number of benzene rings is 1. The van der Waals surface area contributed by atoms with E-state index in [0.29, 0.717) is 37.7 Å². The number of carbonyl (C=O) groups excluding carboxylic acids is 3. The molecule has 2 aliphatic heterocycles. The number of amides is 3. The summed E-state index contributed by atoms with van der Waals surface area (Å²) in [5, 5.41) is 3.49. The molecule has 1 aromatic carbocycles. The van der Waals surface area contributed by atoms with E-state index < -0.39 is 0 Å². The van der Waals surface area contributed by atoms with Crippen molar-refractivity contribution in [1.29, 1.82) is 0 Å². The van der Waals surface area contributed by atoms with Gasteiger partial charge in [0.25, 0.3) is 0 Å². The van der Waals surface area contributed by atoms with Crippen molar-refractivity contribution in [2.24, 2.45) is 0 Å². The first kappa shape index (κ1) is 23.5. The molecule has 2 saturated heterocycles. The summed E-state index contributed by atoms with van der Waals surface area (Å²) in [6.07, 6.45) is 4.81. The quantitative estimate of drug-likeness (QED) is 0.725. The minimum Gasteiger partial charge on any atom is -0.349 e. The van der Waals surface area contributed by atoms with Gasteiger partial charge < -0.3 is 15.1 Å². The van der Waals surface area contributed by atoms with Crippen molar-refractivity contribution in [1.82, 2.24) is 20.0 Å². The molecule has 0 spiro atoms. The minimum atomic E-state index is -0.384. The van der Waals surface area contributed by atoms with Crippen LogP contribution in [0, 0.1) is 0 Å². The maximum atomic E-state index is 12.9. The summed E-state index contributed by atoms with van der Waals surface area (Å²) in [4.78, 5) is 43.1. The summed E-state index contributed by atoms with van der Waals surface area (Å²) >= 11 is 5.96. The highest BCUT2D eigenvalue weighted by Gasteiger charge is 2.26. The number of carbonyl (C=O) groups is 3. The lowest BCUT2D eigenvalue weighted by molar-refractivity contribution is -0.135. The van der Waals surface area contributed by atoms with E-state index >= 15 is 0 Å². The van der Waals surface area contributed by atoms with Crippen molar-refractivity contribution in [3.05, 3.63) is 34.9 Å². The fourth-order valence-corrected chi connectivity index (χ4v) is 4.39. The van der Waals surface area contributed by atoms with Crippen LogP contribution in [0.3, 0.4) is 0 Å². The number of nitrogens with zero attached hydrogens (tertiary/aromatic N) is 3. The second-order valence-electron chi connectivity index (χ2n) is 8.46. The Kier molecular flexibility index (Phi) is 8.72. The first-order valence-electron chi connectivity index (χ1n) is 11.2. The van der Waals surface area contributed by atoms with E-state index in [2.05, 4.69) is 10.2 Å². The summed E-state index contributed by atoms with van der Waals surface area (Å²) in [5.74, 6) is 0.0342. The molecule has 0 aliphatic carbocycles. The molecule has 1 aromatic rings. The van der Waals surface area contributed by atoms with Crippen molar-refractivity contribution in [2.45, 2.75) is 45.1 Å². The Bertz CT molecular complexity index is 755. The van der Waals surface area contributed by atoms with Crippen molar-refractivity contribution >= 4 is 29.3 Å². The average molecular weight is 449 g/mol. The fourth-order valence-electron chi connectivity index (χ4n) is 4.26. The maximum absolute atomic E-state index is 12.9. The molecule has 31 heavy (non-hydrogen) atoms. The van der Waals surface area contributed by atoms with Crippen LogP contribution in [0.1, 0.15) is 50.6 Å². The van der Waals surface area contributed by atoms with E-state index in [1.54, 1.807) is 12.1 Å². The van der Waals surface area contributed by atoms with Crippen molar-refractivity contribution in [3.8, 4) is 0 Å². The van der Waals surface area contributed by atoms with Gasteiger partial charge in [0.15, 0.2) is 0 Å². The Hall–Kier alpha value is -2.12. The molecule has 0 saturated carbocycles. The Balaban J connectivity index is 1.49. The Morgan fingerprint density at radius 2 is 1.45 bits per heavy atom. The van der Waals surface area contributed by atoms with Crippen LogP contribution >= 0.6 is 11.6 Å². The predicted octanol–water partition coefficient (Wildman–Crippen LogP) is 2.45. The van der Waals surface area contributed by atoms with Gasteiger partial charge in [0.1, 0.15) is 0 Å². The van der Waals surface area contributed by atoms with Crippen LogP contribution in [0.2, 0.25) is 5.02 Å². The van der Waals surface area contributed by atoms with Crippen LogP contribution in [0.15, 0.2) is 24.3 Å². The first-order chi connectivity index (χ1) is 14.9. The van der Waals surface area contributed by atoms with Gasteiger partial charge in [0.2, 0.25) is 17.7 Å². The molecule has 170 valence electrons. The van der Waals surface area contributed by atoms with Gasteiger partial charge in [-0.05, 0) is 30.5 Å². The zero-order valence-corrected chi connectivity index (χ0v) is 19.1. The highest BCUT2D eigenvalue weighted by molar-refractivity contribution is 6.30. The molecular formula is C23H33ClN4O3. The topological polar surface area (TPSA) is 73.0 Å². The highest BCUT2D eigenvalue weighted by atomic mass is 35.5. The molecule has 1 unspecified atom stereocenters. The van der Waals surface area contributed by atoms with Crippen LogP contribution in [0.5, 0.6) is 0 Å². The zero-order chi connectivity index (χ0) is 22.2. The van der Waals surface area contributed by atoms with Gasteiger partial charge >= 0.3 is 0 Å². The molecule has 2 aliphatic rings. The van der Waals surface area contributed by atoms with Gasteiger partial charge in [-0.15, -0.1) is 0 Å². The van der Waals surface area contributed by atoms with E-state index in [4.69, 9.17) is 11.6 Å². The van der Waals surface area contributed by atoms with Gasteiger partial charge in [-0.2, -0.15) is 0 Å². The molecule has 2 fully saturated rings. The average Bonchev–Trinajstić information content (AvgIpc) is 3.04. The standard InChI is InChI=1S/C23H33ClN4O3/c1-18(29)25-21(19-6-8-20(24)9-7-19)16-22(30)28-14-12-26(13-15-28)17-23(31)27-10-4-2-3-5-11-27/h6-9,21H,2-5,10-17H2,1H3,(H,25,29). The molecule has 0 aromatic heterocycles. The number of likely N-dealkylation sites (tertiary alicyclic amines) is 1. The van der Waals surface area contributed by atoms with Gasteiger partial charge in [-0.25, -0.2) is 0 Å². The fraction of sp³-hybridized carbons (Fsp3) is 0.609. The van der Waals surface area contributed by atoms with Crippen LogP contribution in [0.25, 0.3) is 0 Å². The largest absolute Gasteiger partial charge is 0.349 e. The van der Waals surface area contributed by atoms with E-state index in [0.717, 1.165) is 31.5 Å². The SMILES string of the molecule is CC(=O)NC(CC(=O)N1CCN(CC(=O)N2CCCCCC2)CC1)c1ccc(Cl)cc1. The van der Waals surface area contributed by atoms with Gasteiger partial charge in [0.05, 0.1) is 19.0 Å². The Morgan fingerprint density at radius 1 is 0.871 bits per heavy atom. The van der Waals surface area contributed by atoms with Crippen LogP contribution < -0.4 is 5.32 Å². The summed E-state index contributed by atoms with van der Waals surface area (Å²) in [6, 6.07) is 6.81. The lowest BCUT2D eigenvalue weighted by atomic mass is 10.0. The monoisotopic (exact) mass is 448 g/mol. The van der Waals surface area contributed by atoms with Gasteiger partial charge in [0, 0.05) is 51.2 Å². The second-order valence-corrected chi connectivity index (χ2v) is 8.90. The lowest BCUT2D eigenvalue weighted by Gasteiger charge is -2.36. The smallest absolute Gasteiger partial charge is 0.236 e. The third-order valence-corrected chi connectivity index (χ3v) is 6.32. The molecule has 0 bridgehead atoms. The number of hydrogen-bond donors (Lipinski definition) is 1. The molecule has 7 nitrogen and oxygen atoms in total.